The Hall–Kier alpha value is -3.71. The maximum atomic E-state index is 13.1. The first-order valence-corrected chi connectivity index (χ1v) is 14.1. The summed E-state index contributed by atoms with van der Waals surface area (Å²) in [7, 11) is -3.61. The maximum Gasteiger partial charge on any atom is 0.236 e. The molecule has 3 aromatic rings. The fraction of sp³-hybridized carbons (Fsp3) is 0.440. The highest BCUT2D eigenvalue weighted by atomic mass is 32.2. The predicted octanol–water partition coefficient (Wildman–Crippen LogP) is 1.81. The van der Waals surface area contributed by atoms with Gasteiger partial charge in [-0.1, -0.05) is 0 Å². The van der Waals surface area contributed by atoms with Gasteiger partial charge in [-0.05, 0) is 50.3 Å². The van der Waals surface area contributed by atoms with E-state index < -0.39 is 27.3 Å². The quantitative estimate of drug-likeness (QED) is 0.387. The Morgan fingerprint density at radius 2 is 2.03 bits per heavy atom. The molecule has 2 atom stereocenters. The second-order valence-corrected chi connectivity index (χ2v) is 11.2. The molecule has 12 nitrogen and oxygen atoms in total. The largest absolute Gasteiger partial charge is 0.477 e. The van der Waals surface area contributed by atoms with Crippen molar-refractivity contribution in [2.45, 2.75) is 37.5 Å². The number of carbonyl (C=O) groups excluding carboxylic acids is 1. The zero-order chi connectivity index (χ0) is 26.8. The summed E-state index contributed by atoms with van der Waals surface area (Å²) in [5.74, 6) is -0.660. The van der Waals surface area contributed by atoms with Crippen LogP contribution in [0.2, 0.25) is 0 Å². The summed E-state index contributed by atoms with van der Waals surface area (Å²) in [5.41, 5.74) is 6.96. The molecule has 0 bridgehead atoms. The van der Waals surface area contributed by atoms with E-state index in [9.17, 15) is 13.2 Å². The summed E-state index contributed by atoms with van der Waals surface area (Å²) in [4.78, 5) is 34.9. The Balaban J connectivity index is 1.46. The van der Waals surface area contributed by atoms with Crippen LogP contribution in [0.1, 0.15) is 43.5 Å². The number of pyridine rings is 1. The monoisotopic (exact) mass is 539 g/mol. The number of aromatic nitrogens is 5. The molecule has 0 radical (unpaired) electrons. The Kier molecular flexibility index (Phi) is 7.21. The molecule has 38 heavy (non-hydrogen) atoms. The van der Waals surface area contributed by atoms with Crippen LogP contribution in [0, 0.1) is 5.92 Å². The number of ether oxygens (including phenoxy) is 2. The summed E-state index contributed by atoms with van der Waals surface area (Å²) in [5, 5.41) is 0. The van der Waals surface area contributed by atoms with E-state index in [1.165, 1.54) is 12.4 Å². The molecule has 2 fully saturated rings. The maximum absolute atomic E-state index is 13.1. The first-order valence-electron chi connectivity index (χ1n) is 12.4. The minimum atomic E-state index is -3.61. The van der Waals surface area contributed by atoms with Crippen LogP contribution in [0.25, 0.3) is 11.3 Å². The van der Waals surface area contributed by atoms with Crippen LogP contribution in [-0.2, 0) is 25.0 Å². The number of rotatable bonds is 10. The lowest BCUT2D eigenvalue weighted by Crippen LogP contribution is -2.51. The van der Waals surface area contributed by atoms with Crippen LogP contribution in [0.3, 0.4) is 0 Å². The molecule has 2 unspecified atom stereocenters. The smallest absolute Gasteiger partial charge is 0.236 e. The fourth-order valence-electron chi connectivity index (χ4n) is 4.72. The Morgan fingerprint density at radius 3 is 2.74 bits per heavy atom. The van der Waals surface area contributed by atoms with E-state index in [0.717, 1.165) is 18.4 Å². The predicted molar refractivity (Wildman–Crippen MR) is 138 cm³/mol. The summed E-state index contributed by atoms with van der Waals surface area (Å²) in [6, 6.07) is 5.21. The van der Waals surface area contributed by atoms with Crippen molar-refractivity contribution in [3.8, 4) is 17.1 Å². The molecular formula is C25H29N7O5S. The molecule has 1 amide bonds. The van der Waals surface area contributed by atoms with Gasteiger partial charge in [-0.25, -0.2) is 23.4 Å². The van der Waals surface area contributed by atoms with Gasteiger partial charge in [-0.15, -0.1) is 0 Å². The fourth-order valence-corrected chi connectivity index (χ4v) is 6.13. The van der Waals surface area contributed by atoms with Crippen molar-refractivity contribution in [1.82, 2.24) is 24.9 Å². The summed E-state index contributed by atoms with van der Waals surface area (Å²) in [6.45, 7) is 2.80. The first kappa shape index (κ1) is 25.9. The Labute approximate surface area is 220 Å². The van der Waals surface area contributed by atoms with E-state index in [4.69, 9.17) is 15.2 Å². The second-order valence-electron chi connectivity index (χ2n) is 9.45. The number of sulfonamides is 1. The van der Waals surface area contributed by atoms with E-state index in [0.29, 0.717) is 29.6 Å². The van der Waals surface area contributed by atoms with Crippen LogP contribution < -0.4 is 15.2 Å². The van der Waals surface area contributed by atoms with Crippen molar-refractivity contribution in [2.75, 3.05) is 30.3 Å². The Bertz CT molecular complexity index is 1420. The minimum Gasteiger partial charge on any atom is -0.477 e. The molecule has 3 aromatic heterocycles. The average Bonchev–Trinajstić information content (AvgIpc) is 3.72. The number of anilines is 1. The SMILES string of the molecule is CCOc1cncc(-c2ccc(C3COCCC3(C(N)=O)c3ccnc(NS(=O)(=O)CC4CC4)n3)nc2)n1. The zero-order valence-electron chi connectivity index (χ0n) is 20.9. The van der Waals surface area contributed by atoms with Crippen molar-refractivity contribution in [2.24, 2.45) is 11.7 Å². The normalized spacial score (nSPS) is 21.6. The molecule has 5 rings (SSSR count). The lowest BCUT2D eigenvalue weighted by atomic mass is 9.67. The summed E-state index contributed by atoms with van der Waals surface area (Å²) >= 11 is 0. The number of nitrogens with zero attached hydrogens (tertiary/aromatic N) is 5. The number of amides is 1. The van der Waals surface area contributed by atoms with Crippen molar-refractivity contribution < 1.29 is 22.7 Å². The van der Waals surface area contributed by atoms with Crippen molar-refractivity contribution in [3.63, 3.8) is 0 Å². The van der Waals surface area contributed by atoms with Crippen molar-refractivity contribution >= 4 is 21.9 Å². The number of hydrogen-bond donors (Lipinski definition) is 2. The number of nitrogens with one attached hydrogen (secondary N) is 1. The molecule has 13 heteroatoms. The van der Waals surface area contributed by atoms with E-state index in [2.05, 4.69) is 29.6 Å². The van der Waals surface area contributed by atoms with E-state index in [-0.39, 0.29) is 37.3 Å². The Morgan fingerprint density at radius 1 is 1.18 bits per heavy atom. The van der Waals surface area contributed by atoms with Gasteiger partial charge in [-0.2, -0.15) is 0 Å². The standard InChI is InChI=1S/C25H29N7O5S/c1-2-37-22-13-27-12-20(30-22)17-5-6-19(29-11-17)18-14-36-10-8-25(18,23(26)33)21-7-9-28-24(31-21)32-38(34,35)15-16-3-4-16/h5-7,9,11-13,16,18H,2-4,8,10,14-15H2,1H3,(H2,26,33)(H,28,31,32). The molecule has 1 aliphatic heterocycles. The van der Waals surface area contributed by atoms with Crippen LogP contribution >= 0.6 is 0 Å². The van der Waals surface area contributed by atoms with Crippen molar-refractivity contribution in [3.05, 3.63) is 54.4 Å². The molecule has 2 aliphatic rings. The highest BCUT2D eigenvalue weighted by molar-refractivity contribution is 7.92. The van der Waals surface area contributed by atoms with Gasteiger partial charge in [0.05, 0.1) is 42.7 Å². The highest BCUT2D eigenvalue weighted by Crippen LogP contribution is 2.44. The first-order chi connectivity index (χ1) is 18.3. The number of nitrogens with two attached hydrogens (primary N) is 1. The van der Waals surface area contributed by atoms with Crippen LogP contribution in [-0.4, -0.2) is 64.8 Å². The van der Waals surface area contributed by atoms with Crippen LogP contribution in [0.15, 0.2) is 43.0 Å². The third kappa shape index (κ3) is 5.43. The molecule has 0 spiro atoms. The van der Waals surface area contributed by atoms with Crippen molar-refractivity contribution in [1.29, 1.82) is 0 Å². The topological polar surface area (TPSA) is 172 Å². The molecule has 1 saturated heterocycles. The van der Waals surface area contributed by atoms with Gasteiger partial charge in [0.2, 0.25) is 27.8 Å². The molecule has 4 heterocycles. The number of carbonyl (C=O) groups is 1. The van der Waals surface area contributed by atoms with Gasteiger partial charge >= 0.3 is 0 Å². The van der Waals surface area contributed by atoms with Gasteiger partial charge < -0.3 is 15.2 Å². The van der Waals surface area contributed by atoms with Crippen LogP contribution in [0.4, 0.5) is 5.95 Å². The lowest BCUT2D eigenvalue weighted by Gasteiger charge is -2.40. The molecule has 3 N–H and O–H groups in total. The summed E-state index contributed by atoms with van der Waals surface area (Å²) < 4.78 is 38.6. The number of hydrogen-bond acceptors (Lipinski definition) is 10. The zero-order valence-corrected chi connectivity index (χ0v) is 21.7. The lowest BCUT2D eigenvalue weighted by molar-refractivity contribution is -0.128. The molecular weight excluding hydrogens is 510 g/mol. The van der Waals surface area contributed by atoms with E-state index >= 15 is 0 Å². The third-order valence-corrected chi connectivity index (χ3v) is 8.22. The van der Waals surface area contributed by atoms with Gasteiger partial charge in [0.1, 0.15) is 5.41 Å². The third-order valence-electron chi connectivity index (χ3n) is 6.82. The number of primary amides is 1. The minimum absolute atomic E-state index is 0.0200. The van der Waals surface area contributed by atoms with Gasteiger partial charge in [0.25, 0.3) is 0 Å². The summed E-state index contributed by atoms with van der Waals surface area (Å²) in [6.07, 6.45) is 8.27. The van der Waals surface area contributed by atoms with Gasteiger partial charge in [0, 0.05) is 36.2 Å². The molecule has 1 saturated carbocycles. The van der Waals surface area contributed by atoms with Crippen LogP contribution in [0.5, 0.6) is 5.88 Å². The molecule has 200 valence electrons. The average molecular weight is 540 g/mol. The second kappa shape index (κ2) is 10.6. The van der Waals surface area contributed by atoms with E-state index in [1.807, 2.05) is 13.0 Å². The van der Waals surface area contributed by atoms with Gasteiger partial charge in [0.15, 0.2) is 0 Å². The molecule has 1 aliphatic carbocycles. The van der Waals surface area contributed by atoms with Gasteiger partial charge in [-0.3, -0.25) is 19.5 Å². The highest BCUT2D eigenvalue weighted by Gasteiger charge is 2.50. The molecule has 0 aromatic carbocycles. The van der Waals surface area contributed by atoms with E-state index in [1.54, 1.807) is 24.5 Å².